The predicted octanol–water partition coefficient (Wildman–Crippen LogP) is 3.01. The molecule has 0 fully saturated rings. The number of amides is 1. The van der Waals surface area contributed by atoms with Gasteiger partial charge in [0.25, 0.3) is 11.6 Å². The van der Waals surface area contributed by atoms with E-state index >= 15 is 0 Å². The van der Waals surface area contributed by atoms with Crippen LogP contribution >= 0.6 is 11.8 Å². The van der Waals surface area contributed by atoms with Crippen molar-refractivity contribution in [2.75, 3.05) is 18.1 Å². The molecule has 2 aromatic rings. The summed E-state index contributed by atoms with van der Waals surface area (Å²) in [5, 5.41) is 11.2. The van der Waals surface area contributed by atoms with Crippen LogP contribution in [-0.2, 0) is 16.6 Å². The standard InChI is InChI=1S/C18H19N3O5S/c1-12-7-8-20(14-5-3-4-6-16(14)27-12)17(22)11-26-18(23)15-9-13(21(24)25)10-19(15)2/h3-6,9-10,12H,7-8,11H2,1-2H3. The highest BCUT2D eigenvalue weighted by atomic mass is 32.2. The minimum absolute atomic E-state index is 0.0231. The first-order valence-electron chi connectivity index (χ1n) is 8.40. The van der Waals surface area contributed by atoms with E-state index in [1.807, 2.05) is 24.3 Å². The van der Waals surface area contributed by atoms with Crippen molar-refractivity contribution < 1.29 is 19.2 Å². The van der Waals surface area contributed by atoms with Crippen LogP contribution < -0.4 is 4.90 Å². The van der Waals surface area contributed by atoms with E-state index in [1.54, 1.807) is 16.7 Å². The van der Waals surface area contributed by atoms with E-state index in [1.165, 1.54) is 17.8 Å². The van der Waals surface area contributed by atoms with Crippen LogP contribution in [0.5, 0.6) is 0 Å². The number of ether oxygens (including phenoxy) is 1. The van der Waals surface area contributed by atoms with Crippen molar-refractivity contribution >= 4 is 35.0 Å². The first kappa shape index (κ1) is 19.0. The van der Waals surface area contributed by atoms with Crippen LogP contribution in [0.15, 0.2) is 41.4 Å². The van der Waals surface area contributed by atoms with Gasteiger partial charge >= 0.3 is 5.97 Å². The lowest BCUT2D eigenvalue weighted by atomic mass is 10.2. The van der Waals surface area contributed by atoms with Gasteiger partial charge in [0, 0.05) is 29.8 Å². The summed E-state index contributed by atoms with van der Waals surface area (Å²) in [5.74, 6) is -1.10. The fraction of sp³-hybridized carbons (Fsp3) is 0.333. The average Bonchev–Trinajstić information content (AvgIpc) is 2.94. The molecule has 1 aromatic heterocycles. The molecule has 0 spiro atoms. The normalized spacial score (nSPS) is 16.4. The van der Waals surface area contributed by atoms with Gasteiger partial charge in [-0.15, -0.1) is 11.8 Å². The number of aryl methyl sites for hydroxylation is 1. The van der Waals surface area contributed by atoms with Crippen molar-refractivity contribution in [1.82, 2.24) is 4.57 Å². The number of benzene rings is 1. The second-order valence-corrected chi connectivity index (χ2v) is 7.74. The molecule has 8 nitrogen and oxygen atoms in total. The summed E-state index contributed by atoms with van der Waals surface area (Å²) in [6, 6.07) is 8.77. The third-order valence-electron chi connectivity index (χ3n) is 4.28. The van der Waals surface area contributed by atoms with Gasteiger partial charge in [-0.2, -0.15) is 0 Å². The largest absolute Gasteiger partial charge is 0.451 e. The van der Waals surface area contributed by atoms with Crippen molar-refractivity contribution in [1.29, 1.82) is 0 Å². The van der Waals surface area contributed by atoms with Crippen LogP contribution in [0.25, 0.3) is 0 Å². The van der Waals surface area contributed by atoms with Crippen molar-refractivity contribution in [2.24, 2.45) is 7.05 Å². The molecule has 1 aromatic carbocycles. The zero-order chi connectivity index (χ0) is 19.6. The molecule has 1 amide bonds. The fourth-order valence-corrected chi connectivity index (χ4v) is 3.99. The topological polar surface area (TPSA) is 94.7 Å². The number of hydrogen-bond donors (Lipinski definition) is 0. The van der Waals surface area contributed by atoms with Crippen LogP contribution in [0, 0.1) is 10.1 Å². The van der Waals surface area contributed by atoms with Gasteiger partial charge in [-0.1, -0.05) is 19.1 Å². The quantitative estimate of drug-likeness (QED) is 0.453. The fourth-order valence-electron chi connectivity index (χ4n) is 2.87. The first-order valence-corrected chi connectivity index (χ1v) is 9.28. The van der Waals surface area contributed by atoms with Gasteiger partial charge in [-0.3, -0.25) is 14.9 Å². The zero-order valence-electron chi connectivity index (χ0n) is 15.0. The number of rotatable bonds is 4. The van der Waals surface area contributed by atoms with Gasteiger partial charge in [0.2, 0.25) is 0 Å². The molecular formula is C18H19N3O5S. The number of anilines is 1. The van der Waals surface area contributed by atoms with Crippen LogP contribution in [0.3, 0.4) is 0 Å². The molecule has 9 heteroatoms. The summed E-state index contributed by atoms with van der Waals surface area (Å²) in [5.41, 5.74) is 0.626. The maximum Gasteiger partial charge on any atom is 0.355 e. The minimum atomic E-state index is -0.773. The summed E-state index contributed by atoms with van der Waals surface area (Å²) in [4.78, 5) is 37.8. The Morgan fingerprint density at radius 2 is 2.11 bits per heavy atom. The van der Waals surface area contributed by atoms with E-state index in [0.29, 0.717) is 11.8 Å². The second kappa shape index (κ2) is 7.83. The number of fused-ring (bicyclic) bond motifs is 1. The number of nitrogens with zero attached hydrogens (tertiary/aromatic N) is 3. The lowest BCUT2D eigenvalue weighted by molar-refractivity contribution is -0.384. The minimum Gasteiger partial charge on any atom is -0.451 e. The highest BCUT2D eigenvalue weighted by Gasteiger charge is 2.26. The van der Waals surface area contributed by atoms with Crippen LogP contribution in [-0.4, -0.2) is 39.8 Å². The van der Waals surface area contributed by atoms with E-state index in [0.717, 1.165) is 23.1 Å². The molecule has 3 rings (SSSR count). The Kier molecular flexibility index (Phi) is 5.50. The van der Waals surface area contributed by atoms with Crippen molar-refractivity contribution in [3.63, 3.8) is 0 Å². The van der Waals surface area contributed by atoms with Gasteiger partial charge in [0.1, 0.15) is 5.69 Å². The lowest BCUT2D eigenvalue weighted by Crippen LogP contribution is -2.36. The summed E-state index contributed by atoms with van der Waals surface area (Å²) in [6.45, 7) is 2.22. The maximum atomic E-state index is 12.7. The molecule has 1 atom stereocenters. The second-order valence-electron chi connectivity index (χ2n) is 6.26. The van der Waals surface area contributed by atoms with E-state index in [9.17, 15) is 19.7 Å². The maximum absolute atomic E-state index is 12.7. The Morgan fingerprint density at radius 3 is 2.81 bits per heavy atom. The molecule has 142 valence electrons. The SMILES string of the molecule is CC1CCN(C(=O)COC(=O)c2cc([N+](=O)[O-])cn2C)c2ccccc2S1. The molecule has 1 aliphatic rings. The van der Waals surface area contributed by atoms with Gasteiger partial charge in [0.15, 0.2) is 6.61 Å². The third kappa shape index (κ3) is 4.13. The Labute approximate surface area is 160 Å². The summed E-state index contributed by atoms with van der Waals surface area (Å²) >= 11 is 1.71. The number of thioether (sulfide) groups is 1. The monoisotopic (exact) mass is 389 g/mol. The number of esters is 1. The van der Waals surface area contributed by atoms with Gasteiger partial charge < -0.3 is 14.2 Å². The molecule has 0 saturated carbocycles. The molecule has 0 radical (unpaired) electrons. The molecular weight excluding hydrogens is 370 g/mol. The molecule has 27 heavy (non-hydrogen) atoms. The van der Waals surface area contributed by atoms with Crippen molar-refractivity contribution in [2.45, 2.75) is 23.5 Å². The third-order valence-corrected chi connectivity index (χ3v) is 5.52. The highest BCUT2D eigenvalue weighted by molar-refractivity contribution is 8.00. The Bertz CT molecular complexity index is 895. The lowest BCUT2D eigenvalue weighted by Gasteiger charge is -2.22. The number of carbonyl (C=O) groups excluding carboxylic acids is 2. The summed E-state index contributed by atoms with van der Waals surface area (Å²) in [7, 11) is 1.51. The molecule has 0 bridgehead atoms. The molecule has 2 heterocycles. The number of nitro groups is 1. The zero-order valence-corrected chi connectivity index (χ0v) is 15.8. The average molecular weight is 389 g/mol. The van der Waals surface area contributed by atoms with Crippen molar-refractivity contribution in [3.05, 3.63) is 52.3 Å². The molecule has 0 N–H and O–H groups in total. The molecule has 1 unspecified atom stereocenters. The molecule has 0 aliphatic carbocycles. The predicted molar refractivity (Wildman–Crippen MR) is 101 cm³/mol. The van der Waals surface area contributed by atoms with Crippen molar-refractivity contribution in [3.8, 4) is 0 Å². The molecule has 0 saturated heterocycles. The van der Waals surface area contributed by atoms with Gasteiger partial charge in [0.05, 0.1) is 16.8 Å². The van der Waals surface area contributed by atoms with E-state index in [2.05, 4.69) is 6.92 Å². The van der Waals surface area contributed by atoms with Gasteiger partial charge in [-0.25, -0.2) is 4.79 Å². The number of para-hydroxylation sites is 1. The Hall–Kier alpha value is -2.81. The summed E-state index contributed by atoms with van der Waals surface area (Å²) in [6.07, 6.45) is 2.05. The van der Waals surface area contributed by atoms with Crippen LogP contribution in [0.4, 0.5) is 11.4 Å². The molecule has 1 aliphatic heterocycles. The van der Waals surface area contributed by atoms with Gasteiger partial charge in [-0.05, 0) is 18.6 Å². The van der Waals surface area contributed by atoms with E-state index in [-0.39, 0.29) is 17.3 Å². The van der Waals surface area contributed by atoms with Crippen LogP contribution in [0.2, 0.25) is 0 Å². The smallest absolute Gasteiger partial charge is 0.355 e. The number of carbonyl (C=O) groups is 2. The van der Waals surface area contributed by atoms with Crippen LogP contribution in [0.1, 0.15) is 23.8 Å². The summed E-state index contributed by atoms with van der Waals surface area (Å²) < 4.78 is 6.43. The van der Waals surface area contributed by atoms with E-state index in [4.69, 9.17) is 4.74 Å². The number of aromatic nitrogens is 1. The Morgan fingerprint density at radius 1 is 1.37 bits per heavy atom. The highest BCUT2D eigenvalue weighted by Crippen LogP contribution is 2.37. The Balaban J connectivity index is 1.71. The number of hydrogen-bond acceptors (Lipinski definition) is 6. The van der Waals surface area contributed by atoms with E-state index < -0.39 is 17.5 Å². The first-order chi connectivity index (χ1) is 12.9.